The van der Waals surface area contributed by atoms with Gasteiger partial charge in [-0.1, -0.05) is 24.3 Å². The second-order valence-corrected chi connectivity index (χ2v) is 4.13. The first kappa shape index (κ1) is 31.3. The third-order valence-electron chi connectivity index (χ3n) is 1.74. The molecule has 0 atom stereocenters. The van der Waals surface area contributed by atoms with E-state index < -0.39 is 21.8 Å². The Labute approximate surface area is 190 Å². The number of nitrogens with zero attached hydrogens (tertiary/aromatic N) is 1. The number of pyridine rings is 1. The third kappa shape index (κ3) is 37.1. The van der Waals surface area contributed by atoms with Gasteiger partial charge in [0.05, 0.1) is 5.52 Å². The molecule has 152 valence electrons. The van der Waals surface area contributed by atoms with Crippen LogP contribution in [-0.2, 0) is 0 Å². The van der Waals surface area contributed by atoms with Crippen LogP contribution in [0.5, 0.6) is 0 Å². The van der Waals surface area contributed by atoms with E-state index in [0.717, 1.165) is 11.2 Å². The molecule has 2 rings (SSSR count). The molecule has 0 bridgehead atoms. The van der Waals surface area contributed by atoms with Crippen LogP contribution in [0.2, 0.25) is 0 Å². The largest absolute Gasteiger partial charge is 1.00 e. The quantitative estimate of drug-likeness (QED) is 0.448. The average molecular weight is 444 g/mol. The second-order valence-electron chi connectivity index (χ2n) is 4.13. The number of aromatic nitrogens is 1. The monoisotopic (exact) mass is 444 g/mol. The Hall–Kier alpha value is -0.379. The van der Waals surface area contributed by atoms with E-state index in [1.54, 1.807) is 0 Å². The summed E-state index contributed by atoms with van der Waals surface area (Å²) in [4.78, 5) is 4.38. The van der Waals surface area contributed by atoms with E-state index in [2.05, 4.69) is 17.1 Å². The summed E-state index contributed by atoms with van der Waals surface area (Å²) >= 11 is 0. The molecule has 0 aliphatic heterocycles. The zero-order valence-electron chi connectivity index (χ0n) is 14.7. The summed E-state index contributed by atoms with van der Waals surface area (Å²) in [5.74, 6) is 0. The molecule has 0 fully saturated rings. The van der Waals surface area contributed by atoms with E-state index in [1.165, 1.54) is 5.39 Å². The molecule has 2 aromatic rings. The number of para-hydroxylation sites is 1. The zero-order chi connectivity index (χ0) is 21.2. The summed E-state index contributed by atoms with van der Waals surface area (Å²) in [5.41, 5.74) is 2.15. The van der Waals surface area contributed by atoms with E-state index in [4.69, 9.17) is 0 Å². The predicted molar refractivity (Wildman–Crippen MR) is 78.1 cm³/mol. The molecule has 0 spiro atoms. The van der Waals surface area contributed by atoms with Gasteiger partial charge in [-0.3, -0.25) is 4.98 Å². The first-order valence-electron chi connectivity index (χ1n) is 6.30. The van der Waals surface area contributed by atoms with E-state index in [-0.39, 0.29) is 52.8 Å². The maximum atomic E-state index is 9.75. The fraction of sp³-hybridized carbons (Fsp3) is 0.100. The predicted octanol–water partition coefficient (Wildman–Crippen LogP) is 3.56. The number of rotatable bonds is 0. The van der Waals surface area contributed by atoms with Crippen molar-refractivity contribution < 1.29 is 105 Å². The Morgan fingerprint density at radius 2 is 0.963 bits per heavy atom. The van der Waals surface area contributed by atoms with Crippen molar-refractivity contribution in [2.75, 3.05) is 0 Å². The summed E-state index contributed by atoms with van der Waals surface area (Å²) < 4.78 is 117. The molecule has 1 aromatic carbocycles. The Bertz CT molecular complexity index is 605. The molecule has 0 aliphatic rings. The van der Waals surface area contributed by atoms with Gasteiger partial charge in [0.15, 0.2) is 0 Å². The number of halogens is 12. The summed E-state index contributed by atoms with van der Waals surface area (Å²) in [6, 6.07) is 12.3. The number of aryl methyl sites for hydroxylation is 1. The van der Waals surface area contributed by atoms with Gasteiger partial charge >= 0.3 is 73.1 Å². The van der Waals surface area contributed by atoms with Crippen molar-refractivity contribution in [3.05, 3.63) is 42.1 Å². The maximum absolute atomic E-state index is 9.75. The maximum Gasteiger partial charge on any atom is 1.00 e. The Morgan fingerprint density at radius 3 is 1.33 bits per heavy atom. The summed E-state index contributed by atoms with van der Waals surface area (Å²) in [5, 5.41) is 1.21. The number of hydrogen-bond donors (Lipinski definition) is 0. The van der Waals surface area contributed by atoms with Crippen LogP contribution < -0.4 is 51.4 Å². The van der Waals surface area contributed by atoms with Crippen LogP contribution in [0.4, 0.5) is 51.8 Å². The van der Waals surface area contributed by atoms with E-state index in [1.807, 2.05) is 31.2 Å². The molecule has 0 radical (unpaired) electrons. The molecule has 27 heavy (non-hydrogen) atoms. The normalized spacial score (nSPS) is 10.9. The minimum Gasteiger partial charge on any atom is -1.00 e. The molecule has 1 heterocycles. The first-order valence-corrected chi connectivity index (χ1v) is 6.30. The van der Waals surface area contributed by atoms with Crippen molar-refractivity contribution >= 4 is 32.7 Å². The Balaban J connectivity index is -0.000000147. The van der Waals surface area contributed by atoms with Crippen LogP contribution >= 0.6 is 0 Å². The molecule has 0 saturated heterocycles. The van der Waals surface area contributed by atoms with Gasteiger partial charge in [0.1, 0.15) is 0 Å². The smallest absolute Gasteiger partial charge is 1.00 e. The number of benzene rings is 1. The molecule has 0 unspecified atom stereocenters. The molecule has 1 nitrogen and oxygen atoms in total. The fourth-order valence-electron chi connectivity index (χ4n) is 1.17. The summed E-state index contributed by atoms with van der Waals surface area (Å²) in [7, 11) is -18.0. The topological polar surface area (TPSA) is 12.9 Å². The van der Waals surface area contributed by atoms with Crippen LogP contribution in [0.1, 0.15) is 7.12 Å². The van der Waals surface area contributed by atoms with Gasteiger partial charge in [0.25, 0.3) is 0 Å². The van der Waals surface area contributed by atoms with E-state index in [0.29, 0.717) is 0 Å². The molecular weight excluding hydrogens is 434 g/mol. The van der Waals surface area contributed by atoms with Gasteiger partial charge in [-0.15, -0.1) is 0 Å². The first-order chi connectivity index (χ1) is 11.4. The number of hydrogen-bond acceptors (Lipinski definition) is 1. The van der Waals surface area contributed by atoms with Crippen molar-refractivity contribution in [2.24, 2.45) is 0 Å². The Morgan fingerprint density at radius 1 is 0.630 bits per heavy atom. The van der Waals surface area contributed by atoms with Crippen molar-refractivity contribution in [1.29, 1.82) is 0 Å². The number of fused-ring (bicyclic) bond motifs is 1. The van der Waals surface area contributed by atoms with Gasteiger partial charge in [-0.25, -0.2) is 0 Å². The van der Waals surface area contributed by atoms with Gasteiger partial charge in [-0.2, -0.15) is 0 Å². The van der Waals surface area contributed by atoms with E-state index >= 15 is 0 Å². The van der Waals surface area contributed by atoms with Crippen LogP contribution in [0.25, 0.3) is 10.9 Å². The molecule has 0 amide bonds. The van der Waals surface area contributed by atoms with Gasteiger partial charge in [-0.05, 0) is 19.1 Å². The van der Waals surface area contributed by atoms with Crippen LogP contribution in [-0.4, -0.2) is 26.7 Å². The zero-order valence-corrected chi connectivity index (χ0v) is 16.8. The van der Waals surface area contributed by atoms with Crippen molar-refractivity contribution in [3.8, 4) is 0 Å². The third-order valence-corrected chi connectivity index (χ3v) is 1.74. The summed E-state index contributed by atoms with van der Waals surface area (Å²) in [6.07, 6.45) is 0. The standard InChI is InChI=1S/C10H9N.3BF4.K.H/c1-8-6-7-9-4-2-3-5-10(9)11-8;3*2-1(3,4)5;;/h2-7H,1H3;;;;;/q;3*-1;+1;-1. The van der Waals surface area contributed by atoms with Crippen molar-refractivity contribution in [3.63, 3.8) is 0 Å². The van der Waals surface area contributed by atoms with Crippen LogP contribution in [0.15, 0.2) is 36.4 Å². The average Bonchev–Trinajstić information content (AvgIpc) is 2.32. The molecule has 0 N–H and O–H groups in total. The van der Waals surface area contributed by atoms with Crippen molar-refractivity contribution in [1.82, 2.24) is 4.98 Å². The molecule has 0 aliphatic carbocycles. The van der Waals surface area contributed by atoms with E-state index in [9.17, 15) is 51.8 Å². The van der Waals surface area contributed by atoms with Crippen molar-refractivity contribution in [2.45, 2.75) is 6.92 Å². The molecular formula is C10H10B3F12KN-3. The Kier molecular flexibility index (Phi) is 15.9. The van der Waals surface area contributed by atoms with Crippen LogP contribution in [0, 0.1) is 6.92 Å². The van der Waals surface area contributed by atoms with Crippen LogP contribution in [0.3, 0.4) is 0 Å². The molecule has 1 aromatic heterocycles. The fourth-order valence-corrected chi connectivity index (χ4v) is 1.17. The van der Waals surface area contributed by atoms with Gasteiger partial charge in [0, 0.05) is 11.1 Å². The SMILES string of the molecule is Cc1ccc2ccccc2n1.F[B-](F)(F)F.F[B-](F)(F)F.F[B-](F)(F)F.[H-].[K+]. The summed E-state index contributed by atoms with van der Waals surface area (Å²) in [6.45, 7) is 2.01. The second kappa shape index (κ2) is 13.7. The molecule has 17 heteroatoms. The van der Waals surface area contributed by atoms with Gasteiger partial charge in [0.2, 0.25) is 0 Å². The minimum atomic E-state index is -6.00. The van der Waals surface area contributed by atoms with Gasteiger partial charge < -0.3 is 53.2 Å². The minimum absolute atomic E-state index is 0. The molecule has 0 saturated carbocycles.